The lowest BCUT2D eigenvalue weighted by atomic mass is 9.95. The number of rotatable bonds is 9. The molecule has 2 aliphatic carbocycles. The van der Waals surface area contributed by atoms with Crippen molar-refractivity contribution in [2.75, 3.05) is 31.1 Å². The Bertz CT molecular complexity index is 807. The Labute approximate surface area is 189 Å². The van der Waals surface area contributed by atoms with Gasteiger partial charge in [0.05, 0.1) is 5.41 Å². The molecule has 0 radical (unpaired) electrons. The number of piperazine rings is 1. The van der Waals surface area contributed by atoms with Crippen LogP contribution in [0.5, 0.6) is 0 Å². The molecule has 1 aromatic rings. The molecule has 4 nitrogen and oxygen atoms in total. The van der Waals surface area contributed by atoms with E-state index in [2.05, 4.69) is 53.7 Å². The Kier molecular flexibility index (Phi) is 5.89. The van der Waals surface area contributed by atoms with Crippen LogP contribution in [0.2, 0.25) is 0 Å². The molecule has 170 valence electrons. The fourth-order valence-electron chi connectivity index (χ4n) is 6.25. The molecule has 2 aliphatic heterocycles. The summed E-state index contributed by atoms with van der Waals surface area (Å²) in [6.45, 7) is 12.9. The first-order chi connectivity index (χ1) is 15.1. The van der Waals surface area contributed by atoms with Crippen LogP contribution in [0.15, 0.2) is 18.2 Å². The summed E-state index contributed by atoms with van der Waals surface area (Å²) >= 11 is 0. The van der Waals surface area contributed by atoms with Crippen molar-refractivity contribution in [3.8, 4) is 0 Å². The van der Waals surface area contributed by atoms with Gasteiger partial charge in [-0.05, 0) is 68.6 Å². The number of fused-ring (bicyclic) bond motifs is 2. The number of amides is 1. The maximum atomic E-state index is 13.1. The number of nitrogens with zero attached hydrogens (tertiary/aromatic N) is 3. The quantitative estimate of drug-likeness (QED) is 0.562. The zero-order valence-corrected chi connectivity index (χ0v) is 19.9. The van der Waals surface area contributed by atoms with Gasteiger partial charge in [0.2, 0.25) is 5.91 Å². The van der Waals surface area contributed by atoms with Crippen molar-refractivity contribution in [3.63, 3.8) is 0 Å². The summed E-state index contributed by atoms with van der Waals surface area (Å²) in [7, 11) is 0. The van der Waals surface area contributed by atoms with Crippen LogP contribution in [0.4, 0.5) is 5.69 Å². The standard InChI is InChI=1S/C27H41N3O/c1-4-6-21(7-5-2)19-29-15-14-28(17-20(29)3)18-22-8-11-25-24(16-22)27(12-13-27)26(31)30(25)23-9-10-23/h8,11,16,20-21,23H,4-7,9-10,12-15,17-19H2,1-3H3. The van der Waals surface area contributed by atoms with Crippen LogP contribution in [-0.2, 0) is 16.8 Å². The summed E-state index contributed by atoms with van der Waals surface area (Å²) in [5, 5.41) is 0. The fraction of sp³-hybridized carbons (Fsp3) is 0.741. The Morgan fingerprint density at radius 3 is 2.45 bits per heavy atom. The molecule has 0 aromatic heterocycles. The summed E-state index contributed by atoms with van der Waals surface area (Å²) in [4.78, 5) is 20.6. The molecule has 2 heterocycles. The Hall–Kier alpha value is -1.39. The van der Waals surface area contributed by atoms with E-state index in [0.717, 1.165) is 38.4 Å². The van der Waals surface area contributed by atoms with Gasteiger partial charge in [0.1, 0.15) is 0 Å². The maximum Gasteiger partial charge on any atom is 0.237 e. The molecule has 5 rings (SSSR count). The highest BCUT2D eigenvalue weighted by Gasteiger charge is 2.61. The lowest BCUT2D eigenvalue weighted by Gasteiger charge is -2.41. The SMILES string of the molecule is CCCC(CCC)CN1CCN(Cc2ccc3c(c2)C2(CC2)C(=O)N3C2CC2)CC1C. The van der Waals surface area contributed by atoms with E-state index in [1.807, 2.05) is 0 Å². The van der Waals surface area contributed by atoms with E-state index >= 15 is 0 Å². The molecule has 3 fully saturated rings. The number of carbonyl (C=O) groups excluding carboxylic acids is 1. The predicted molar refractivity (Wildman–Crippen MR) is 127 cm³/mol. The monoisotopic (exact) mass is 423 g/mol. The van der Waals surface area contributed by atoms with E-state index in [9.17, 15) is 4.79 Å². The van der Waals surface area contributed by atoms with Crippen LogP contribution in [-0.4, -0.2) is 54.0 Å². The number of benzene rings is 1. The van der Waals surface area contributed by atoms with Gasteiger partial charge in [-0.2, -0.15) is 0 Å². The van der Waals surface area contributed by atoms with E-state index in [4.69, 9.17) is 0 Å². The minimum absolute atomic E-state index is 0.145. The van der Waals surface area contributed by atoms with Crippen LogP contribution < -0.4 is 4.90 Å². The molecule has 0 N–H and O–H groups in total. The average molecular weight is 424 g/mol. The van der Waals surface area contributed by atoms with Crippen LogP contribution >= 0.6 is 0 Å². The van der Waals surface area contributed by atoms with Crippen molar-refractivity contribution < 1.29 is 4.79 Å². The molecule has 0 bridgehead atoms. The van der Waals surface area contributed by atoms with Gasteiger partial charge in [0.15, 0.2) is 0 Å². The highest BCUT2D eigenvalue weighted by atomic mass is 16.2. The molecule has 31 heavy (non-hydrogen) atoms. The minimum Gasteiger partial charge on any atom is -0.308 e. The largest absolute Gasteiger partial charge is 0.308 e. The second-order valence-electron chi connectivity index (χ2n) is 10.9. The van der Waals surface area contributed by atoms with Crippen LogP contribution in [0.1, 0.15) is 83.3 Å². The van der Waals surface area contributed by atoms with Gasteiger partial charge in [-0.25, -0.2) is 0 Å². The Morgan fingerprint density at radius 1 is 1.10 bits per heavy atom. The molecular weight excluding hydrogens is 382 g/mol. The second kappa shape index (κ2) is 8.51. The third-order valence-electron chi connectivity index (χ3n) is 8.27. The smallest absolute Gasteiger partial charge is 0.237 e. The highest BCUT2D eigenvalue weighted by molar-refractivity contribution is 6.10. The van der Waals surface area contributed by atoms with E-state index in [1.165, 1.54) is 68.4 Å². The van der Waals surface area contributed by atoms with Crippen LogP contribution in [0.3, 0.4) is 0 Å². The van der Waals surface area contributed by atoms with E-state index in [-0.39, 0.29) is 5.41 Å². The first kappa shape index (κ1) is 21.5. The van der Waals surface area contributed by atoms with Crippen molar-refractivity contribution >= 4 is 11.6 Å². The Balaban J connectivity index is 1.22. The lowest BCUT2D eigenvalue weighted by Crippen LogP contribution is -2.52. The molecular formula is C27H41N3O. The maximum absolute atomic E-state index is 13.1. The van der Waals surface area contributed by atoms with E-state index < -0.39 is 0 Å². The van der Waals surface area contributed by atoms with Crippen molar-refractivity contribution in [2.45, 2.75) is 96.2 Å². The minimum atomic E-state index is -0.145. The molecule has 2 saturated carbocycles. The van der Waals surface area contributed by atoms with Gasteiger partial charge in [-0.3, -0.25) is 14.6 Å². The molecule has 1 saturated heterocycles. The molecule has 1 unspecified atom stereocenters. The highest BCUT2D eigenvalue weighted by Crippen LogP contribution is 2.59. The number of anilines is 1. The molecule has 4 heteroatoms. The lowest BCUT2D eigenvalue weighted by molar-refractivity contribution is -0.120. The number of hydrogen-bond donors (Lipinski definition) is 0. The van der Waals surface area contributed by atoms with Gasteiger partial charge in [0, 0.05) is 50.5 Å². The first-order valence-corrected chi connectivity index (χ1v) is 13.0. The predicted octanol–water partition coefficient (Wildman–Crippen LogP) is 4.95. The third kappa shape index (κ3) is 4.06. The summed E-state index contributed by atoms with van der Waals surface area (Å²) in [6.07, 6.45) is 9.82. The van der Waals surface area contributed by atoms with Gasteiger partial charge in [-0.1, -0.05) is 38.8 Å². The molecule has 1 amide bonds. The Morgan fingerprint density at radius 2 is 1.84 bits per heavy atom. The summed E-state index contributed by atoms with van der Waals surface area (Å²) in [5.41, 5.74) is 3.82. The van der Waals surface area contributed by atoms with E-state index in [1.54, 1.807) is 0 Å². The van der Waals surface area contributed by atoms with Gasteiger partial charge in [0.25, 0.3) is 0 Å². The van der Waals surface area contributed by atoms with Crippen molar-refractivity contribution in [1.82, 2.24) is 9.80 Å². The van der Waals surface area contributed by atoms with Crippen molar-refractivity contribution in [3.05, 3.63) is 29.3 Å². The molecule has 4 aliphatic rings. The van der Waals surface area contributed by atoms with Crippen molar-refractivity contribution in [1.29, 1.82) is 0 Å². The molecule has 1 atom stereocenters. The first-order valence-electron chi connectivity index (χ1n) is 13.0. The number of hydrogen-bond acceptors (Lipinski definition) is 3. The summed E-state index contributed by atoms with van der Waals surface area (Å²) in [5.74, 6) is 1.26. The van der Waals surface area contributed by atoms with Gasteiger partial charge < -0.3 is 4.90 Å². The van der Waals surface area contributed by atoms with E-state index in [0.29, 0.717) is 18.0 Å². The molecule has 1 spiro atoms. The average Bonchev–Trinajstić information content (AvgIpc) is 3.66. The number of carbonyl (C=O) groups is 1. The molecule has 1 aromatic carbocycles. The summed E-state index contributed by atoms with van der Waals surface area (Å²) < 4.78 is 0. The summed E-state index contributed by atoms with van der Waals surface area (Å²) in [6, 6.07) is 8.04. The topological polar surface area (TPSA) is 26.8 Å². The second-order valence-corrected chi connectivity index (χ2v) is 10.9. The fourth-order valence-corrected chi connectivity index (χ4v) is 6.25. The normalized spacial score (nSPS) is 25.6. The van der Waals surface area contributed by atoms with Gasteiger partial charge >= 0.3 is 0 Å². The third-order valence-corrected chi connectivity index (χ3v) is 8.27. The zero-order valence-electron chi connectivity index (χ0n) is 19.9. The van der Waals surface area contributed by atoms with Gasteiger partial charge in [-0.15, -0.1) is 0 Å². The van der Waals surface area contributed by atoms with Crippen molar-refractivity contribution in [2.24, 2.45) is 5.92 Å². The van der Waals surface area contributed by atoms with Crippen LogP contribution in [0.25, 0.3) is 0 Å². The van der Waals surface area contributed by atoms with Crippen LogP contribution in [0, 0.1) is 5.92 Å². The zero-order chi connectivity index (χ0) is 21.6.